The van der Waals surface area contributed by atoms with E-state index in [0.29, 0.717) is 5.56 Å². The second-order valence-corrected chi connectivity index (χ2v) is 12.0. The number of aryl methyl sites for hydroxylation is 2. The van der Waals surface area contributed by atoms with Crippen LogP contribution < -0.4 is 0 Å². The summed E-state index contributed by atoms with van der Waals surface area (Å²) < 4.78 is 5.81. The third-order valence-electron chi connectivity index (χ3n) is 9.24. The molecule has 234 valence electrons. The van der Waals surface area contributed by atoms with Crippen LogP contribution in [-0.2, 0) is 4.74 Å². The van der Waals surface area contributed by atoms with Gasteiger partial charge in [0, 0.05) is 28.2 Å². The van der Waals surface area contributed by atoms with E-state index in [9.17, 15) is 50.1 Å². The highest BCUT2D eigenvalue weighted by Crippen LogP contribution is 2.51. The Morgan fingerprint density at radius 3 is 2.07 bits per heavy atom. The quantitative estimate of drug-likeness (QED) is 0.152. The molecule has 1 heterocycles. The summed E-state index contributed by atoms with van der Waals surface area (Å²) in [6.45, 7) is 2.92. The average Bonchev–Trinajstić information content (AvgIpc) is 2.99. The van der Waals surface area contributed by atoms with Gasteiger partial charge in [-0.2, -0.15) is 0 Å². The first-order chi connectivity index (χ1) is 21.8. The lowest BCUT2D eigenvalue weighted by Crippen LogP contribution is -2.55. The van der Waals surface area contributed by atoms with E-state index in [4.69, 9.17) is 4.74 Å². The van der Waals surface area contributed by atoms with Crippen molar-refractivity contribution in [1.82, 2.24) is 0 Å². The molecule has 1 aliphatic heterocycles. The Bertz CT molecular complexity index is 2050. The average molecular weight is 625 g/mol. The number of carbonyl (C=O) groups is 3. The molecule has 7 N–H and O–H groups in total. The molecule has 11 nitrogen and oxygen atoms in total. The van der Waals surface area contributed by atoms with Gasteiger partial charge in [0.15, 0.2) is 5.78 Å². The number of aromatic hydroxyl groups is 4. The first kappa shape index (κ1) is 29.6. The fourth-order valence-electron chi connectivity index (χ4n) is 7.19. The number of aliphatic hydroxyl groups is 3. The van der Waals surface area contributed by atoms with Crippen LogP contribution in [0, 0.1) is 13.8 Å². The molecule has 1 unspecified atom stereocenters. The number of carbonyl (C=O) groups excluding carboxylic acids is 3. The van der Waals surface area contributed by atoms with Crippen molar-refractivity contribution in [2.45, 2.75) is 44.2 Å². The number of hydrogen-bond donors (Lipinski definition) is 7. The predicted octanol–water partition coefficient (Wildman–Crippen LogP) is 2.73. The maximum absolute atomic E-state index is 14.1. The van der Waals surface area contributed by atoms with Gasteiger partial charge in [0.25, 0.3) is 0 Å². The van der Waals surface area contributed by atoms with E-state index in [1.165, 1.54) is 42.5 Å². The predicted molar refractivity (Wildman–Crippen MR) is 161 cm³/mol. The molecule has 1 saturated heterocycles. The van der Waals surface area contributed by atoms with Crippen LogP contribution in [0.5, 0.6) is 23.0 Å². The zero-order valence-electron chi connectivity index (χ0n) is 24.5. The molecule has 4 aromatic rings. The van der Waals surface area contributed by atoms with E-state index in [1.54, 1.807) is 19.9 Å². The molecule has 11 heteroatoms. The van der Waals surface area contributed by atoms with Crippen molar-refractivity contribution >= 4 is 17.3 Å². The van der Waals surface area contributed by atoms with Gasteiger partial charge >= 0.3 is 0 Å². The van der Waals surface area contributed by atoms with Gasteiger partial charge in [-0.1, -0.05) is 30.3 Å². The second-order valence-electron chi connectivity index (χ2n) is 12.0. The molecule has 0 spiro atoms. The molecular weight excluding hydrogens is 596 g/mol. The molecule has 0 saturated carbocycles. The summed E-state index contributed by atoms with van der Waals surface area (Å²) in [7, 11) is 0. The summed E-state index contributed by atoms with van der Waals surface area (Å²) in [4.78, 5) is 41.6. The van der Waals surface area contributed by atoms with Gasteiger partial charge in [0.05, 0.1) is 35.0 Å². The van der Waals surface area contributed by atoms with Crippen molar-refractivity contribution < 1.29 is 54.9 Å². The van der Waals surface area contributed by atoms with E-state index in [2.05, 4.69) is 0 Å². The topological polar surface area (TPSA) is 202 Å². The van der Waals surface area contributed by atoms with Gasteiger partial charge in [0.1, 0.15) is 41.3 Å². The maximum Gasteiger partial charge on any atom is 0.201 e. The normalized spacial score (nSPS) is 23.4. The van der Waals surface area contributed by atoms with Crippen LogP contribution in [0.2, 0.25) is 0 Å². The molecule has 2 aliphatic carbocycles. The highest BCUT2D eigenvalue weighted by Gasteiger charge is 2.48. The van der Waals surface area contributed by atoms with E-state index in [0.717, 1.165) is 0 Å². The summed E-state index contributed by atoms with van der Waals surface area (Å²) in [5, 5.41) is 75.7. The van der Waals surface area contributed by atoms with Gasteiger partial charge in [-0.3, -0.25) is 14.4 Å². The summed E-state index contributed by atoms with van der Waals surface area (Å²) >= 11 is 0. The van der Waals surface area contributed by atoms with E-state index in [1.807, 2.05) is 0 Å². The van der Waals surface area contributed by atoms with Crippen molar-refractivity contribution in [3.8, 4) is 34.1 Å². The first-order valence-corrected chi connectivity index (χ1v) is 14.5. The Balaban J connectivity index is 1.49. The van der Waals surface area contributed by atoms with Crippen LogP contribution >= 0.6 is 0 Å². The molecule has 3 aliphatic rings. The zero-order chi connectivity index (χ0) is 32.9. The second kappa shape index (κ2) is 10.2. The molecule has 5 atom stereocenters. The van der Waals surface area contributed by atoms with Gasteiger partial charge in [-0.15, -0.1) is 0 Å². The Morgan fingerprint density at radius 2 is 1.33 bits per heavy atom. The fourth-order valence-corrected chi connectivity index (χ4v) is 7.19. The molecule has 7 rings (SSSR count). The number of phenolic OH excluding ortho intramolecular Hbond substituents is 4. The Hall–Kier alpha value is -5.07. The minimum absolute atomic E-state index is 0.0278. The van der Waals surface area contributed by atoms with Crippen LogP contribution in [0.3, 0.4) is 0 Å². The highest BCUT2D eigenvalue weighted by molar-refractivity contribution is 6.32. The first-order valence-electron chi connectivity index (χ1n) is 14.5. The van der Waals surface area contributed by atoms with E-state index < -0.39 is 64.9 Å². The number of ether oxygens (including phenoxy) is 1. The lowest BCUT2D eigenvalue weighted by Gasteiger charge is -2.42. The van der Waals surface area contributed by atoms with Crippen LogP contribution in [0.15, 0.2) is 48.5 Å². The Kier molecular flexibility index (Phi) is 6.59. The van der Waals surface area contributed by atoms with Gasteiger partial charge < -0.3 is 40.5 Å². The van der Waals surface area contributed by atoms with Crippen LogP contribution in [-0.4, -0.2) is 84.1 Å². The van der Waals surface area contributed by atoms with Gasteiger partial charge in [0.2, 0.25) is 11.6 Å². The number of rotatable bonds is 2. The third kappa shape index (κ3) is 3.96. The minimum Gasteiger partial charge on any atom is -0.507 e. The summed E-state index contributed by atoms with van der Waals surface area (Å²) in [6, 6.07) is 11.2. The van der Waals surface area contributed by atoms with Crippen LogP contribution in [0.4, 0.5) is 0 Å². The molecule has 4 aromatic carbocycles. The molecule has 1 fully saturated rings. The number of phenols is 4. The van der Waals surface area contributed by atoms with Crippen LogP contribution in [0.1, 0.15) is 75.9 Å². The molecule has 46 heavy (non-hydrogen) atoms. The minimum atomic E-state index is -1.61. The van der Waals surface area contributed by atoms with Crippen molar-refractivity contribution in [3.05, 3.63) is 104 Å². The van der Waals surface area contributed by atoms with Crippen molar-refractivity contribution in [1.29, 1.82) is 0 Å². The number of aliphatic hydroxyl groups excluding tert-OH is 3. The van der Waals surface area contributed by atoms with Gasteiger partial charge in [-0.05, 0) is 54.3 Å². The lowest BCUT2D eigenvalue weighted by atomic mass is 9.70. The monoisotopic (exact) mass is 624 g/mol. The summed E-state index contributed by atoms with van der Waals surface area (Å²) in [6.07, 6.45) is -5.76. The molecule has 0 aromatic heterocycles. The van der Waals surface area contributed by atoms with E-state index >= 15 is 0 Å². The Morgan fingerprint density at radius 1 is 0.630 bits per heavy atom. The molecule has 0 bridgehead atoms. The largest absolute Gasteiger partial charge is 0.507 e. The lowest BCUT2D eigenvalue weighted by molar-refractivity contribution is -0.190. The number of fused-ring (bicyclic) bond motifs is 4. The number of benzene rings is 4. The van der Waals surface area contributed by atoms with E-state index in [-0.39, 0.29) is 73.6 Å². The standard InChI is InChI=1S/C35H28O11/c1-12-8-17-23(35-34(45)31(42)21(39)11-46-35)14-6-7-16(29(40)26(14)32(43)25(17)19(37)9-12)22-13(2)10-20(38)27-28(22)30(41)15-4-3-5-18(36)24(15)33(27)44/h3-10,21,23,31,34-40,42,45H,11H2,1-2H3/t21-,23?,31+,34-,35+/m1/s1. The van der Waals surface area contributed by atoms with Crippen molar-refractivity contribution in [2.24, 2.45) is 0 Å². The highest BCUT2D eigenvalue weighted by atomic mass is 16.5. The van der Waals surface area contributed by atoms with Crippen LogP contribution in [0.25, 0.3) is 11.1 Å². The molecule has 0 radical (unpaired) electrons. The molecule has 0 amide bonds. The summed E-state index contributed by atoms with van der Waals surface area (Å²) in [5.74, 6) is -5.17. The van der Waals surface area contributed by atoms with Crippen molar-refractivity contribution in [3.63, 3.8) is 0 Å². The fraction of sp³-hybridized carbons (Fsp3) is 0.229. The third-order valence-corrected chi connectivity index (χ3v) is 9.24. The smallest absolute Gasteiger partial charge is 0.201 e. The SMILES string of the molecule is Cc1cc(O)c2c(c1)C([C@@H]1OC[C@@H](O)[C@H](O)[C@H]1O)c1ccc(-c3c(C)cc(O)c4c3C(=O)c3cccc(O)c3C4=O)c(O)c1C2=O. The number of ketones is 3. The number of hydrogen-bond acceptors (Lipinski definition) is 11. The molecular formula is C35H28O11. The maximum atomic E-state index is 14.1. The van der Waals surface area contributed by atoms with Crippen molar-refractivity contribution in [2.75, 3.05) is 6.61 Å². The zero-order valence-corrected chi connectivity index (χ0v) is 24.5. The van der Waals surface area contributed by atoms with Gasteiger partial charge in [-0.25, -0.2) is 0 Å². The Labute approximate surface area is 261 Å². The summed E-state index contributed by atoms with van der Waals surface area (Å²) in [5.41, 5.74) is 0.00736.